The van der Waals surface area contributed by atoms with E-state index >= 15 is 0 Å². The Hall–Kier alpha value is -1.34. The number of nitrogens with two attached hydrogens (primary N) is 1. The molecule has 1 fully saturated rings. The molecule has 0 bridgehead atoms. The summed E-state index contributed by atoms with van der Waals surface area (Å²) in [5.74, 6) is 0.154. The van der Waals surface area contributed by atoms with Crippen LogP contribution in [0.3, 0.4) is 0 Å². The molecule has 0 saturated carbocycles. The van der Waals surface area contributed by atoms with E-state index in [4.69, 9.17) is 10.5 Å². The number of hydrogen-bond acceptors (Lipinski definition) is 4. The minimum absolute atomic E-state index is 0.128. The first kappa shape index (κ1) is 15.1. The molecule has 7 heteroatoms. The molecule has 0 radical (unpaired) electrons. The minimum atomic E-state index is -3.15. The van der Waals surface area contributed by atoms with Gasteiger partial charge in [-0.3, -0.25) is 0 Å². The van der Waals surface area contributed by atoms with E-state index in [1.807, 2.05) is 0 Å². The van der Waals surface area contributed by atoms with Crippen molar-refractivity contribution in [2.45, 2.75) is 12.8 Å². The maximum absolute atomic E-state index is 12.9. The van der Waals surface area contributed by atoms with Crippen LogP contribution in [-0.2, 0) is 10.0 Å². The first-order valence-electron chi connectivity index (χ1n) is 6.49. The summed E-state index contributed by atoms with van der Waals surface area (Å²) in [4.78, 5) is 0. The largest absolute Gasteiger partial charge is 0.491 e. The van der Waals surface area contributed by atoms with Gasteiger partial charge in [0, 0.05) is 25.1 Å². The number of piperidine rings is 1. The second-order valence-corrected chi connectivity index (χ2v) is 7.10. The van der Waals surface area contributed by atoms with Gasteiger partial charge in [0.05, 0.1) is 18.6 Å². The van der Waals surface area contributed by atoms with Crippen molar-refractivity contribution in [1.29, 1.82) is 0 Å². The number of sulfonamides is 1. The van der Waals surface area contributed by atoms with Crippen LogP contribution >= 0.6 is 0 Å². The summed E-state index contributed by atoms with van der Waals surface area (Å²) in [6.45, 7) is 1.40. The van der Waals surface area contributed by atoms with E-state index in [0.29, 0.717) is 25.4 Å². The summed E-state index contributed by atoms with van der Waals surface area (Å²) < 4.78 is 43.0. The second kappa shape index (κ2) is 5.97. The Labute approximate surface area is 118 Å². The van der Waals surface area contributed by atoms with Crippen molar-refractivity contribution in [2.24, 2.45) is 5.92 Å². The van der Waals surface area contributed by atoms with Crippen molar-refractivity contribution < 1.29 is 17.5 Å². The fourth-order valence-electron chi connectivity index (χ4n) is 2.32. The summed E-state index contributed by atoms with van der Waals surface area (Å²) >= 11 is 0. The van der Waals surface area contributed by atoms with Crippen molar-refractivity contribution in [3.8, 4) is 5.75 Å². The summed E-state index contributed by atoms with van der Waals surface area (Å²) in [5, 5.41) is 0. The lowest BCUT2D eigenvalue weighted by Crippen LogP contribution is -2.40. The summed E-state index contributed by atoms with van der Waals surface area (Å²) in [6.07, 6.45) is 2.95. The van der Waals surface area contributed by atoms with Crippen LogP contribution in [0.15, 0.2) is 18.2 Å². The van der Waals surface area contributed by atoms with E-state index < -0.39 is 15.8 Å². The molecule has 1 unspecified atom stereocenters. The normalized spacial score (nSPS) is 20.8. The van der Waals surface area contributed by atoms with Gasteiger partial charge in [0.2, 0.25) is 10.0 Å². The second-order valence-electron chi connectivity index (χ2n) is 5.12. The molecule has 0 amide bonds. The van der Waals surface area contributed by atoms with Crippen molar-refractivity contribution in [2.75, 3.05) is 31.7 Å². The predicted octanol–water partition coefficient (Wildman–Crippen LogP) is 1.46. The number of benzene rings is 1. The van der Waals surface area contributed by atoms with E-state index in [2.05, 4.69) is 0 Å². The van der Waals surface area contributed by atoms with Crippen molar-refractivity contribution in [1.82, 2.24) is 4.31 Å². The molecule has 1 aromatic carbocycles. The van der Waals surface area contributed by atoms with E-state index in [0.717, 1.165) is 12.8 Å². The van der Waals surface area contributed by atoms with Gasteiger partial charge in [0.15, 0.2) is 0 Å². The van der Waals surface area contributed by atoms with Crippen molar-refractivity contribution >= 4 is 15.7 Å². The molecule has 1 heterocycles. The highest BCUT2D eigenvalue weighted by molar-refractivity contribution is 7.88. The quantitative estimate of drug-likeness (QED) is 0.855. The monoisotopic (exact) mass is 302 g/mol. The highest BCUT2D eigenvalue weighted by Gasteiger charge is 2.26. The molecular weight excluding hydrogens is 283 g/mol. The molecule has 112 valence electrons. The first-order chi connectivity index (χ1) is 9.36. The third-order valence-electron chi connectivity index (χ3n) is 3.40. The Morgan fingerprint density at radius 3 is 2.90 bits per heavy atom. The molecule has 1 aromatic rings. The number of rotatable bonds is 4. The minimum Gasteiger partial charge on any atom is -0.491 e. The lowest BCUT2D eigenvalue weighted by molar-refractivity contribution is 0.181. The van der Waals surface area contributed by atoms with Gasteiger partial charge in [0.25, 0.3) is 0 Å². The van der Waals surface area contributed by atoms with Gasteiger partial charge >= 0.3 is 0 Å². The molecule has 0 aliphatic carbocycles. The predicted molar refractivity (Wildman–Crippen MR) is 75.4 cm³/mol. The molecule has 1 saturated heterocycles. The SMILES string of the molecule is CS(=O)(=O)N1CCCC(COc2ccc(F)cc2N)C1. The standard InChI is InChI=1S/C13H19FN2O3S/c1-20(17,18)16-6-2-3-10(8-16)9-19-13-5-4-11(14)7-12(13)15/h4-5,7,10H,2-3,6,8-9,15H2,1H3. The maximum Gasteiger partial charge on any atom is 0.211 e. The molecule has 1 atom stereocenters. The Kier molecular flexibility index (Phi) is 4.49. The first-order valence-corrected chi connectivity index (χ1v) is 8.34. The topological polar surface area (TPSA) is 72.6 Å². The van der Waals surface area contributed by atoms with Crippen molar-refractivity contribution in [3.05, 3.63) is 24.0 Å². The summed E-state index contributed by atoms with van der Waals surface area (Å²) in [5.41, 5.74) is 5.91. The van der Waals surface area contributed by atoms with Gasteiger partial charge in [-0.25, -0.2) is 17.1 Å². The van der Waals surface area contributed by atoms with Gasteiger partial charge in [0.1, 0.15) is 11.6 Å². The Balaban J connectivity index is 1.94. The Morgan fingerprint density at radius 2 is 2.25 bits per heavy atom. The van der Waals surface area contributed by atoms with Gasteiger partial charge in [-0.2, -0.15) is 0 Å². The van der Waals surface area contributed by atoms with Crippen LogP contribution in [0.1, 0.15) is 12.8 Å². The van der Waals surface area contributed by atoms with Gasteiger partial charge < -0.3 is 10.5 Å². The number of halogens is 1. The molecule has 0 spiro atoms. The number of hydrogen-bond donors (Lipinski definition) is 1. The lowest BCUT2D eigenvalue weighted by Gasteiger charge is -2.30. The molecule has 20 heavy (non-hydrogen) atoms. The molecule has 2 N–H and O–H groups in total. The number of nitrogen functional groups attached to an aromatic ring is 1. The van der Waals surface area contributed by atoms with E-state index in [1.54, 1.807) is 0 Å². The van der Waals surface area contributed by atoms with Crippen LogP contribution in [0.25, 0.3) is 0 Å². The number of ether oxygens (including phenoxy) is 1. The third-order valence-corrected chi connectivity index (χ3v) is 4.67. The molecule has 2 rings (SSSR count). The average Bonchev–Trinajstić information content (AvgIpc) is 2.37. The zero-order chi connectivity index (χ0) is 14.8. The Bertz CT molecular complexity index is 577. The zero-order valence-corrected chi connectivity index (χ0v) is 12.2. The zero-order valence-electron chi connectivity index (χ0n) is 11.4. The smallest absolute Gasteiger partial charge is 0.211 e. The molecule has 1 aliphatic heterocycles. The van der Waals surface area contributed by atoms with Crippen LogP contribution in [-0.4, -0.2) is 38.7 Å². The fourth-order valence-corrected chi connectivity index (χ4v) is 3.26. The maximum atomic E-state index is 12.9. The fraction of sp³-hybridized carbons (Fsp3) is 0.538. The molecular formula is C13H19FN2O3S. The number of nitrogens with zero attached hydrogens (tertiary/aromatic N) is 1. The molecule has 5 nitrogen and oxygen atoms in total. The van der Waals surface area contributed by atoms with Crippen LogP contribution in [0, 0.1) is 11.7 Å². The molecule has 0 aromatic heterocycles. The van der Waals surface area contributed by atoms with Gasteiger partial charge in [-0.05, 0) is 25.0 Å². The van der Waals surface area contributed by atoms with Crippen LogP contribution in [0.5, 0.6) is 5.75 Å². The van der Waals surface area contributed by atoms with Crippen LogP contribution in [0.2, 0.25) is 0 Å². The lowest BCUT2D eigenvalue weighted by atomic mass is 10.0. The third kappa shape index (κ3) is 3.83. The van der Waals surface area contributed by atoms with Gasteiger partial charge in [-0.1, -0.05) is 0 Å². The number of anilines is 1. The Morgan fingerprint density at radius 1 is 1.50 bits per heavy atom. The van der Waals surface area contributed by atoms with Crippen LogP contribution < -0.4 is 10.5 Å². The van der Waals surface area contributed by atoms with E-state index in [1.165, 1.54) is 28.8 Å². The van der Waals surface area contributed by atoms with E-state index in [-0.39, 0.29) is 11.6 Å². The van der Waals surface area contributed by atoms with E-state index in [9.17, 15) is 12.8 Å². The highest BCUT2D eigenvalue weighted by Crippen LogP contribution is 2.24. The average molecular weight is 302 g/mol. The summed E-state index contributed by atoms with van der Waals surface area (Å²) in [7, 11) is -3.15. The van der Waals surface area contributed by atoms with Crippen molar-refractivity contribution in [3.63, 3.8) is 0 Å². The van der Waals surface area contributed by atoms with Crippen LogP contribution in [0.4, 0.5) is 10.1 Å². The molecule has 1 aliphatic rings. The highest BCUT2D eigenvalue weighted by atomic mass is 32.2. The van der Waals surface area contributed by atoms with Gasteiger partial charge in [-0.15, -0.1) is 0 Å². The summed E-state index contributed by atoms with van der Waals surface area (Å²) in [6, 6.07) is 3.98.